The number of hydrogen-bond acceptors (Lipinski definition) is 2. The molecule has 0 aromatic carbocycles. The molecule has 0 radical (unpaired) electrons. The predicted octanol–water partition coefficient (Wildman–Crippen LogP) is 1.63. The van der Waals surface area contributed by atoms with Crippen molar-refractivity contribution < 1.29 is 13.2 Å². The number of aromatic amines is 1. The van der Waals surface area contributed by atoms with Crippen molar-refractivity contribution in [3.63, 3.8) is 0 Å². The minimum atomic E-state index is -3.67. The van der Waals surface area contributed by atoms with Gasteiger partial charge in [0.25, 0.3) is 0 Å². The Morgan fingerprint density at radius 2 is 2.09 bits per heavy atom. The number of halogens is 3. The largest absolute Gasteiger partial charge is 0.379 e. The van der Waals surface area contributed by atoms with Gasteiger partial charge in [0, 0.05) is 0 Å². The van der Waals surface area contributed by atoms with Gasteiger partial charge in [0.15, 0.2) is 0 Å². The van der Waals surface area contributed by atoms with Crippen LogP contribution in [-0.4, -0.2) is 22.1 Å². The predicted molar refractivity (Wildman–Crippen MR) is 33.6 cm³/mol. The van der Waals surface area contributed by atoms with Gasteiger partial charge in [-0.1, -0.05) is 6.58 Å². The van der Waals surface area contributed by atoms with E-state index in [0.717, 1.165) is 5.69 Å². The highest BCUT2D eigenvalue weighted by atomic mass is 19.4. The second kappa shape index (κ2) is 5.45. The summed E-state index contributed by atoms with van der Waals surface area (Å²) in [6.07, 6.45) is 3.23. The Morgan fingerprint density at radius 3 is 2.27 bits per heavy atom. The van der Waals surface area contributed by atoms with Crippen LogP contribution in [0, 0.1) is 0 Å². The van der Waals surface area contributed by atoms with Crippen molar-refractivity contribution >= 4 is 6.08 Å². The van der Waals surface area contributed by atoms with Crippen LogP contribution in [0.1, 0.15) is 5.69 Å². The Bertz CT molecular complexity index is 182. The maximum Gasteiger partial charge on any atom is 0.379 e. The van der Waals surface area contributed by atoms with E-state index in [1.807, 2.05) is 0 Å². The smallest absolute Gasteiger partial charge is 0.197 e. The molecule has 62 valence electrons. The number of nitrogens with zero attached hydrogens (tertiary/aromatic N) is 2. The Balaban J connectivity index is 0.000000218. The lowest BCUT2D eigenvalue weighted by Gasteiger charge is -1.67. The molecule has 1 rings (SSSR count). The van der Waals surface area contributed by atoms with Crippen molar-refractivity contribution in [3.8, 4) is 0 Å². The number of aromatic nitrogens is 3. The van der Waals surface area contributed by atoms with Crippen LogP contribution in [-0.2, 0) is 0 Å². The van der Waals surface area contributed by atoms with Gasteiger partial charge in [-0.3, -0.25) is 0 Å². The summed E-state index contributed by atoms with van der Waals surface area (Å²) in [5, 5.41) is 9.68. The van der Waals surface area contributed by atoms with Crippen LogP contribution >= 0.6 is 0 Å². The first kappa shape index (κ1) is 9.67. The lowest BCUT2D eigenvalue weighted by Crippen LogP contribution is -1.67. The van der Waals surface area contributed by atoms with Crippen molar-refractivity contribution in [2.45, 2.75) is 6.68 Å². The van der Waals surface area contributed by atoms with Gasteiger partial charge in [-0.25, -0.2) is 0 Å². The van der Waals surface area contributed by atoms with Gasteiger partial charge in [-0.15, -0.1) is 0 Å². The highest BCUT2D eigenvalue weighted by Gasteiger charge is 1.86. The summed E-state index contributed by atoms with van der Waals surface area (Å²) in [5.41, 5.74) is 0.778. The Kier molecular flexibility index (Phi) is 4.80. The van der Waals surface area contributed by atoms with E-state index in [-0.39, 0.29) is 0 Å². The average molecular weight is 165 g/mol. The van der Waals surface area contributed by atoms with Gasteiger partial charge < -0.3 is 0 Å². The van der Waals surface area contributed by atoms with E-state index in [0.29, 0.717) is 0 Å². The summed E-state index contributed by atoms with van der Waals surface area (Å²) in [7, 11) is 0. The van der Waals surface area contributed by atoms with Gasteiger partial charge in [0.05, 0.1) is 6.20 Å². The maximum absolute atomic E-state index is 9.67. The lowest BCUT2D eigenvalue weighted by molar-refractivity contribution is 0.00819. The van der Waals surface area contributed by atoms with Crippen LogP contribution in [0.5, 0.6) is 0 Å². The lowest BCUT2D eigenvalue weighted by atomic mass is 10.5. The van der Waals surface area contributed by atoms with E-state index in [1.165, 1.54) is 0 Å². The monoisotopic (exact) mass is 165 g/mol. The Morgan fingerprint density at radius 1 is 1.55 bits per heavy atom. The molecule has 0 fully saturated rings. The van der Waals surface area contributed by atoms with E-state index < -0.39 is 6.68 Å². The zero-order valence-electron chi connectivity index (χ0n) is 5.47. The zero-order valence-corrected chi connectivity index (χ0v) is 5.47. The number of alkyl halides is 3. The molecule has 3 nitrogen and oxygen atoms in total. The highest BCUT2D eigenvalue weighted by molar-refractivity contribution is 5.37. The van der Waals surface area contributed by atoms with Crippen molar-refractivity contribution in [1.29, 1.82) is 0 Å². The summed E-state index contributed by atoms with van der Waals surface area (Å²) < 4.78 is 29.0. The number of H-pyrrole nitrogens is 1. The van der Waals surface area contributed by atoms with E-state index in [9.17, 15) is 13.2 Å². The first-order chi connectivity index (χ1) is 5.16. The van der Waals surface area contributed by atoms with Gasteiger partial charge >= 0.3 is 6.68 Å². The molecule has 0 saturated carbocycles. The molecule has 0 aliphatic rings. The Labute approximate surface area is 60.9 Å². The van der Waals surface area contributed by atoms with E-state index in [4.69, 9.17) is 0 Å². The SMILES string of the molecule is C=Cc1cn[nH]n1.FC(F)F. The van der Waals surface area contributed by atoms with Crippen LogP contribution in [0.3, 0.4) is 0 Å². The Hall–Kier alpha value is -1.33. The molecular formula is C5H6F3N3. The number of rotatable bonds is 1. The number of hydrogen-bond donors (Lipinski definition) is 1. The second-order valence-electron chi connectivity index (χ2n) is 1.35. The standard InChI is InChI=1S/C4H5N3.CHF3/c1-2-4-3-5-7-6-4;2-1(3)4/h2-3H,1H2,(H,5,6,7);1H. The molecule has 0 aliphatic heterocycles. The maximum atomic E-state index is 9.67. The molecular weight excluding hydrogens is 159 g/mol. The first-order valence-corrected chi connectivity index (χ1v) is 2.57. The topological polar surface area (TPSA) is 41.6 Å². The third kappa shape index (κ3) is 6.56. The molecule has 0 aliphatic carbocycles. The zero-order chi connectivity index (χ0) is 8.69. The van der Waals surface area contributed by atoms with E-state index >= 15 is 0 Å². The first-order valence-electron chi connectivity index (χ1n) is 2.57. The molecule has 0 spiro atoms. The second-order valence-corrected chi connectivity index (χ2v) is 1.35. The quantitative estimate of drug-likeness (QED) is 0.687. The summed E-state index contributed by atoms with van der Waals surface area (Å²) >= 11 is 0. The molecule has 0 saturated heterocycles. The van der Waals surface area contributed by atoms with Crippen molar-refractivity contribution in [2.24, 2.45) is 0 Å². The molecule has 0 bridgehead atoms. The summed E-state index contributed by atoms with van der Waals surface area (Å²) in [6, 6.07) is 0. The molecule has 1 aromatic heterocycles. The third-order valence-corrected chi connectivity index (χ3v) is 0.643. The van der Waals surface area contributed by atoms with Gasteiger partial charge in [0.2, 0.25) is 0 Å². The molecule has 11 heavy (non-hydrogen) atoms. The van der Waals surface area contributed by atoms with Crippen LogP contribution in [0.15, 0.2) is 12.8 Å². The molecule has 0 amide bonds. The van der Waals surface area contributed by atoms with Crippen molar-refractivity contribution in [1.82, 2.24) is 15.4 Å². The van der Waals surface area contributed by atoms with Crippen LogP contribution in [0.4, 0.5) is 13.2 Å². The van der Waals surface area contributed by atoms with Crippen LogP contribution < -0.4 is 0 Å². The summed E-state index contributed by atoms with van der Waals surface area (Å²) in [4.78, 5) is 0. The summed E-state index contributed by atoms with van der Waals surface area (Å²) in [5.74, 6) is 0. The third-order valence-electron chi connectivity index (χ3n) is 0.643. The van der Waals surface area contributed by atoms with Crippen LogP contribution in [0.25, 0.3) is 6.08 Å². The van der Waals surface area contributed by atoms with Crippen molar-refractivity contribution in [2.75, 3.05) is 0 Å². The molecule has 0 atom stereocenters. The molecule has 1 heterocycles. The van der Waals surface area contributed by atoms with E-state index in [1.54, 1.807) is 12.3 Å². The molecule has 0 unspecified atom stereocenters. The minimum absolute atomic E-state index is 0.778. The average Bonchev–Trinajstić information content (AvgIpc) is 2.36. The fourth-order valence-electron chi connectivity index (χ4n) is 0.309. The normalized spacial score (nSPS) is 8.73. The highest BCUT2D eigenvalue weighted by Crippen LogP contribution is 1.87. The van der Waals surface area contributed by atoms with Gasteiger partial charge in [0.1, 0.15) is 5.69 Å². The molecule has 1 aromatic rings. The van der Waals surface area contributed by atoms with Gasteiger partial charge in [-0.05, 0) is 6.08 Å². The van der Waals surface area contributed by atoms with Crippen molar-refractivity contribution in [3.05, 3.63) is 18.5 Å². The summed E-state index contributed by atoms with van der Waals surface area (Å²) in [6.45, 7) is -0.186. The van der Waals surface area contributed by atoms with Crippen LogP contribution in [0.2, 0.25) is 0 Å². The van der Waals surface area contributed by atoms with Gasteiger partial charge in [-0.2, -0.15) is 28.6 Å². The fourth-order valence-corrected chi connectivity index (χ4v) is 0.309. The molecule has 6 heteroatoms. The minimum Gasteiger partial charge on any atom is -0.197 e. The van der Waals surface area contributed by atoms with E-state index in [2.05, 4.69) is 22.0 Å². The fraction of sp³-hybridized carbons (Fsp3) is 0.200. The number of nitrogens with one attached hydrogen (secondary N) is 1. The molecule has 1 N–H and O–H groups in total.